The lowest BCUT2D eigenvalue weighted by Gasteiger charge is -2.03. The highest BCUT2D eigenvalue weighted by Crippen LogP contribution is 2.31. The Kier molecular flexibility index (Phi) is 4.96. The van der Waals surface area contributed by atoms with E-state index < -0.39 is 0 Å². The fourth-order valence-electron chi connectivity index (χ4n) is 2.02. The van der Waals surface area contributed by atoms with Crippen LogP contribution in [0.4, 0.5) is 4.39 Å². The molecule has 19 heavy (non-hydrogen) atoms. The van der Waals surface area contributed by atoms with E-state index in [0.717, 1.165) is 29.7 Å². The molecule has 0 fully saturated rings. The number of nitrogens with one attached hydrogen (secondary N) is 1. The number of rotatable bonds is 6. The summed E-state index contributed by atoms with van der Waals surface area (Å²) in [5.74, 6) is 0.487. The fourth-order valence-corrected chi connectivity index (χ4v) is 2.36. The summed E-state index contributed by atoms with van der Waals surface area (Å²) in [4.78, 5) is 0. The lowest BCUT2D eigenvalue weighted by Crippen LogP contribution is -2.14. The number of furan rings is 1. The molecule has 0 spiro atoms. The number of benzene rings is 1. The molecule has 0 unspecified atom stereocenters. The van der Waals surface area contributed by atoms with Crippen molar-refractivity contribution in [2.45, 2.75) is 26.5 Å². The van der Waals surface area contributed by atoms with Gasteiger partial charge in [-0.3, -0.25) is 0 Å². The second-order valence-corrected chi connectivity index (χ2v) is 5.23. The zero-order valence-corrected chi connectivity index (χ0v) is 12.6. The molecule has 0 aliphatic heterocycles. The van der Waals surface area contributed by atoms with E-state index in [4.69, 9.17) is 9.15 Å². The third kappa shape index (κ3) is 3.16. The van der Waals surface area contributed by atoms with Crippen LogP contribution in [0, 0.1) is 5.82 Å². The summed E-state index contributed by atoms with van der Waals surface area (Å²) in [6, 6.07) is 3.15. The average molecular weight is 330 g/mol. The van der Waals surface area contributed by atoms with Gasteiger partial charge in [-0.2, -0.15) is 0 Å². The van der Waals surface area contributed by atoms with Gasteiger partial charge in [-0.15, -0.1) is 0 Å². The summed E-state index contributed by atoms with van der Waals surface area (Å²) >= 11 is 3.20. The summed E-state index contributed by atoms with van der Waals surface area (Å²) in [6.45, 7) is 4.10. The number of halogens is 2. The second-order valence-electron chi connectivity index (χ2n) is 4.38. The first-order valence-corrected chi connectivity index (χ1v) is 7.05. The second kappa shape index (κ2) is 6.50. The molecule has 3 nitrogen and oxygen atoms in total. The van der Waals surface area contributed by atoms with Gasteiger partial charge in [0.1, 0.15) is 17.2 Å². The molecule has 2 aromatic rings. The molecule has 1 aromatic carbocycles. The maximum Gasteiger partial charge on any atom is 0.141 e. The minimum atomic E-state index is -0.321. The standard InChI is InChI=1S/C14H17BrFNO2/c1-3-4-17-7-14-10(8-18-2)9-5-11(15)12(16)6-13(9)19-14/h5-6,17H,3-4,7-8H2,1-2H3. The molecule has 0 saturated heterocycles. The minimum Gasteiger partial charge on any atom is -0.459 e. The van der Waals surface area contributed by atoms with Crippen molar-refractivity contribution in [1.82, 2.24) is 5.32 Å². The molecule has 0 amide bonds. The van der Waals surface area contributed by atoms with Gasteiger partial charge < -0.3 is 14.5 Å². The molecular formula is C14H17BrFNO2. The first kappa shape index (κ1) is 14.5. The van der Waals surface area contributed by atoms with Gasteiger partial charge in [-0.25, -0.2) is 4.39 Å². The largest absolute Gasteiger partial charge is 0.459 e. The van der Waals surface area contributed by atoms with Crippen LogP contribution in [0.2, 0.25) is 0 Å². The number of methoxy groups -OCH3 is 1. The van der Waals surface area contributed by atoms with Crippen LogP contribution < -0.4 is 5.32 Å². The van der Waals surface area contributed by atoms with Crippen molar-refractivity contribution in [1.29, 1.82) is 0 Å². The first-order chi connectivity index (χ1) is 9.17. The molecule has 1 heterocycles. The predicted octanol–water partition coefficient (Wildman–Crippen LogP) is 3.98. The Morgan fingerprint density at radius 2 is 2.21 bits per heavy atom. The third-order valence-corrected chi connectivity index (χ3v) is 3.53. The molecule has 0 atom stereocenters. The van der Waals surface area contributed by atoms with Crippen LogP contribution >= 0.6 is 15.9 Å². The normalized spacial score (nSPS) is 11.4. The van der Waals surface area contributed by atoms with Gasteiger partial charge >= 0.3 is 0 Å². The van der Waals surface area contributed by atoms with Crippen molar-refractivity contribution < 1.29 is 13.5 Å². The van der Waals surface area contributed by atoms with E-state index in [1.165, 1.54) is 6.07 Å². The Labute approximate surface area is 120 Å². The van der Waals surface area contributed by atoms with Crippen LogP contribution in [0.1, 0.15) is 24.7 Å². The van der Waals surface area contributed by atoms with Gasteiger partial charge in [-0.1, -0.05) is 6.92 Å². The molecule has 2 rings (SSSR count). The van der Waals surface area contributed by atoms with Crippen LogP contribution in [0.15, 0.2) is 21.0 Å². The van der Waals surface area contributed by atoms with Crippen LogP contribution in [0.5, 0.6) is 0 Å². The Hall–Kier alpha value is -0.910. The molecule has 0 aliphatic rings. The molecular weight excluding hydrogens is 313 g/mol. The lowest BCUT2D eigenvalue weighted by atomic mass is 10.1. The fraction of sp³-hybridized carbons (Fsp3) is 0.429. The summed E-state index contributed by atoms with van der Waals surface area (Å²) in [5.41, 5.74) is 1.53. The molecule has 0 radical (unpaired) electrons. The van der Waals surface area contributed by atoms with Crippen molar-refractivity contribution in [2.75, 3.05) is 13.7 Å². The maximum atomic E-state index is 13.5. The minimum absolute atomic E-state index is 0.321. The lowest BCUT2D eigenvalue weighted by molar-refractivity contribution is 0.183. The van der Waals surface area contributed by atoms with E-state index in [1.54, 1.807) is 13.2 Å². The first-order valence-electron chi connectivity index (χ1n) is 6.26. The quantitative estimate of drug-likeness (QED) is 0.814. The van der Waals surface area contributed by atoms with E-state index >= 15 is 0 Å². The number of hydrogen-bond donors (Lipinski definition) is 1. The van der Waals surface area contributed by atoms with E-state index in [0.29, 0.717) is 23.2 Å². The van der Waals surface area contributed by atoms with E-state index in [-0.39, 0.29) is 5.82 Å². The molecule has 0 aliphatic carbocycles. The van der Waals surface area contributed by atoms with E-state index in [9.17, 15) is 4.39 Å². The van der Waals surface area contributed by atoms with Crippen LogP contribution in [0.3, 0.4) is 0 Å². The zero-order chi connectivity index (χ0) is 13.8. The van der Waals surface area contributed by atoms with Crippen molar-refractivity contribution in [3.05, 3.63) is 33.7 Å². The monoisotopic (exact) mass is 329 g/mol. The van der Waals surface area contributed by atoms with Crippen LogP contribution in [0.25, 0.3) is 11.0 Å². The number of ether oxygens (including phenoxy) is 1. The van der Waals surface area contributed by atoms with Crippen molar-refractivity contribution in [3.8, 4) is 0 Å². The molecule has 5 heteroatoms. The number of hydrogen-bond acceptors (Lipinski definition) is 3. The molecule has 1 aromatic heterocycles. The highest BCUT2D eigenvalue weighted by molar-refractivity contribution is 9.10. The molecule has 0 saturated carbocycles. The number of fused-ring (bicyclic) bond motifs is 1. The van der Waals surface area contributed by atoms with E-state index in [2.05, 4.69) is 28.2 Å². The van der Waals surface area contributed by atoms with E-state index in [1.807, 2.05) is 0 Å². The van der Waals surface area contributed by atoms with Gasteiger partial charge in [0.05, 0.1) is 17.6 Å². The van der Waals surface area contributed by atoms with Gasteiger partial charge in [0.15, 0.2) is 0 Å². The van der Waals surface area contributed by atoms with Crippen LogP contribution in [-0.2, 0) is 17.9 Å². The highest BCUT2D eigenvalue weighted by atomic mass is 79.9. The summed E-state index contributed by atoms with van der Waals surface area (Å²) in [6.07, 6.45) is 1.06. The Balaban J connectivity index is 2.41. The van der Waals surface area contributed by atoms with Gasteiger partial charge in [0.2, 0.25) is 0 Å². The summed E-state index contributed by atoms with van der Waals surface area (Å²) in [5, 5.41) is 4.18. The predicted molar refractivity (Wildman–Crippen MR) is 76.6 cm³/mol. The van der Waals surface area contributed by atoms with Gasteiger partial charge in [-0.05, 0) is 35.0 Å². The third-order valence-electron chi connectivity index (χ3n) is 2.92. The summed E-state index contributed by atoms with van der Waals surface area (Å²) < 4.78 is 24.9. The van der Waals surface area contributed by atoms with Crippen molar-refractivity contribution >= 4 is 26.9 Å². The molecule has 104 valence electrons. The highest BCUT2D eigenvalue weighted by Gasteiger charge is 2.16. The smallest absolute Gasteiger partial charge is 0.141 e. The Bertz CT molecular complexity index is 568. The topological polar surface area (TPSA) is 34.4 Å². The van der Waals surface area contributed by atoms with Gasteiger partial charge in [0.25, 0.3) is 0 Å². The maximum absolute atomic E-state index is 13.5. The zero-order valence-electron chi connectivity index (χ0n) is 11.1. The summed E-state index contributed by atoms with van der Waals surface area (Å²) in [7, 11) is 1.64. The van der Waals surface area contributed by atoms with Crippen LogP contribution in [-0.4, -0.2) is 13.7 Å². The van der Waals surface area contributed by atoms with Gasteiger partial charge in [0, 0.05) is 24.1 Å². The Morgan fingerprint density at radius 3 is 2.89 bits per heavy atom. The SMILES string of the molecule is CCCNCc1oc2cc(F)c(Br)cc2c1COC. The molecule has 1 N–H and O–H groups in total. The Morgan fingerprint density at radius 1 is 1.42 bits per heavy atom. The van der Waals surface area contributed by atoms with Crippen molar-refractivity contribution in [3.63, 3.8) is 0 Å². The molecule has 0 bridgehead atoms. The van der Waals surface area contributed by atoms with Crippen molar-refractivity contribution in [2.24, 2.45) is 0 Å². The average Bonchev–Trinajstić information content (AvgIpc) is 2.69.